The molecule has 94 valence electrons. The van der Waals surface area contributed by atoms with E-state index in [0.717, 1.165) is 18.8 Å². The average Bonchev–Trinajstić information content (AvgIpc) is 2.29. The second kappa shape index (κ2) is 6.03. The molecule has 6 nitrogen and oxygen atoms in total. The van der Waals surface area contributed by atoms with Crippen molar-refractivity contribution < 1.29 is 9.90 Å². The topological polar surface area (TPSA) is 75.4 Å². The number of carboxylic acids is 1. The summed E-state index contributed by atoms with van der Waals surface area (Å²) in [5.74, 6) is -0.938. The van der Waals surface area contributed by atoms with Crippen molar-refractivity contribution in [1.29, 1.82) is 0 Å². The molecule has 0 fully saturated rings. The van der Waals surface area contributed by atoms with Crippen molar-refractivity contribution in [3.8, 4) is 0 Å². The molecule has 1 aromatic heterocycles. The van der Waals surface area contributed by atoms with E-state index in [0.29, 0.717) is 0 Å². The fraction of sp³-hybridized carbons (Fsp3) is 0.545. The smallest absolute Gasteiger partial charge is 0.305 e. The average molecular weight is 239 g/mol. The lowest BCUT2D eigenvalue weighted by Crippen LogP contribution is -2.28. The summed E-state index contributed by atoms with van der Waals surface area (Å²) < 4.78 is 1.17. The van der Waals surface area contributed by atoms with Crippen LogP contribution in [0.2, 0.25) is 0 Å². The van der Waals surface area contributed by atoms with E-state index in [4.69, 9.17) is 5.11 Å². The molecule has 0 saturated carbocycles. The van der Waals surface area contributed by atoms with E-state index in [1.165, 1.54) is 10.7 Å². The van der Waals surface area contributed by atoms with E-state index in [1.54, 1.807) is 6.20 Å². The van der Waals surface area contributed by atoms with Gasteiger partial charge in [-0.25, -0.2) is 4.68 Å². The van der Waals surface area contributed by atoms with Crippen LogP contribution in [0, 0.1) is 0 Å². The van der Waals surface area contributed by atoms with Gasteiger partial charge in [0.05, 0.1) is 24.8 Å². The Hall–Kier alpha value is -1.85. The lowest BCUT2D eigenvalue weighted by Gasteiger charge is -2.20. The van der Waals surface area contributed by atoms with E-state index in [1.807, 2.05) is 18.7 Å². The van der Waals surface area contributed by atoms with Crippen LogP contribution in [-0.2, 0) is 11.3 Å². The van der Waals surface area contributed by atoms with Gasteiger partial charge in [0.1, 0.15) is 0 Å². The van der Waals surface area contributed by atoms with Crippen LogP contribution in [0.25, 0.3) is 0 Å². The Labute approximate surface area is 99.5 Å². The van der Waals surface area contributed by atoms with Crippen LogP contribution >= 0.6 is 0 Å². The highest BCUT2D eigenvalue weighted by atomic mass is 16.4. The Morgan fingerprint density at radius 3 is 2.59 bits per heavy atom. The van der Waals surface area contributed by atoms with Crippen LogP contribution in [0.3, 0.4) is 0 Å². The van der Waals surface area contributed by atoms with Crippen LogP contribution < -0.4 is 10.5 Å². The Kier molecular flexibility index (Phi) is 4.68. The molecule has 0 bridgehead atoms. The maximum Gasteiger partial charge on any atom is 0.305 e. The molecule has 1 rings (SSSR count). The van der Waals surface area contributed by atoms with Crippen molar-refractivity contribution in [1.82, 2.24) is 9.78 Å². The molecule has 0 spiro atoms. The molecule has 0 aliphatic rings. The van der Waals surface area contributed by atoms with Gasteiger partial charge in [0, 0.05) is 19.2 Å². The van der Waals surface area contributed by atoms with E-state index in [9.17, 15) is 9.59 Å². The van der Waals surface area contributed by atoms with Crippen LogP contribution in [-0.4, -0.2) is 33.9 Å². The van der Waals surface area contributed by atoms with Crippen LogP contribution in [0.4, 0.5) is 5.69 Å². The first kappa shape index (κ1) is 13.2. The fourth-order valence-electron chi connectivity index (χ4n) is 1.56. The van der Waals surface area contributed by atoms with Crippen LogP contribution in [0.5, 0.6) is 0 Å². The van der Waals surface area contributed by atoms with E-state index in [-0.39, 0.29) is 18.5 Å². The first-order valence-electron chi connectivity index (χ1n) is 5.62. The van der Waals surface area contributed by atoms with Gasteiger partial charge in [-0.3, -0.25) is 9.59 Å². The van der Waals surface area contributed by atoms with E-state index >= 15 is 0 Å². The van der Waals surface area contributed by atoms with Gasteiger partial charge in [0.2, 0.25) is 0 Å². The molecule has 1 aromatic rings. The zero-order valence-corrected chi connectivity index (χ0v) is 10.1. The summed E-state index contributed by atoms with van der Waals surface area (Å²) in [6.07, 6.45) is 1.49. The second-order valence-corrected chi connectivity index (χ2v) is 3.59. The third-order valence-electron chi connectivity index (χ3n) is 2.52. The number of rotatable bonds is 6. The van der Waals surface area contributed by atoms with Gasteiger partial charge in [0.25, 0.3) is 5.56 Å². The van der Waals surface area contributed by atoms with Crippen molar-refractivity contribution >= 4 is 11.7 Å². The van der Waals surface area contributed by atoms with Gasteiger partial charge in [-0.2, -0.15) is 5.10 Å². The summed E-state index contributed by atoms with van der Waals surface area (Å²) in [6, 6.07) is 1.49. The number of hydrogen-bond donors (Lipinski definition) is 1. The number of nitrogens with zero attached hydrogens (tertiary/aromatic N) is 3. The summed E-state index contributed by atoms with van der Waals surface area (Å²) in [4.78, 5) is 24.1. The van der Waals surface area contributed by atoms with Gasteiger partial charge in [-0.05, 0) is 13.8 Å². The first-order valence-corrected chi connectivity index (χ1v) is 5.62. The largest absolute Gasteiger partial charge is 0.481 e. The molecule has 0 radical (unpaired) electrons. The zero-order valence-electron chi connectivity index (χ0n) is 10.1. The van der Waals surface area contributed by atoms with Gasteiger partial charge >= 0.3 is 5.97 Å². The molecule has 0 aliphatic heterocycles. The highest BCUT2D eigenvalue weighted by molar-refractivity contribution is 5.66. The van der Waals surface area contributed by atoms with Crippen molar-refractivity contribution in [2.75, 3.05) is 18.0 Å². The fourth-order valence-corrected chi connectivity index (χ4v) is 1.56. The number of aromatic nitrogens is 2. The molecule has 0 saturated heterocycles. The predicted octanol–water partition coefficient (Wildman–Crippen LogP) is 0.564. The monoisotopic (exact) mass is 239 g/mol. The molecule has 6 heteroatoms. The first-order chi connectivity index (χ1) is 8.08. The zero-order chi connectivity index (χ0) is 12.8. The minimum absolute atomic E-state index is 0.0997. The third kappa shape index (κ3) is 3.58. The maximum atomic E-state index is 11.7. The second-order valence-electron chi connectivity index (χ2n) is 3.59. The molecule has 0 aliphatic carbocycles. The molecule has 17 heavy (non-hydrogen) atoms. The molecular formula is C11H17N3O3. The highest BCUT2D eigenvalue weighted by Gasteiger charge is 2.06. The molecule has 1 heterocycles. The number of anilines is 1. The van der Waals surface area contributed by atoms with Crippen molar-refractivity contribution in [2.45, 2.75) is 26.8 Å². The Morgan fingerprint density at radius 1 is 1.47 bits per heavy atom. The summed E-state index contributed by atoms with van der Waals surface area (Å²) in [7, 11) is 0. The molecule has 0 atom stereocenters. The normalized spacial score (nSPS) is 10.2. The SMILES string of the molecule is CCN(CC)c1cnn(CCC(=O)O)c(=O)c1. The minimum atomic E-state index is -0.938. The van der Waals surface area contributed by atoms with Gasteiger partial charge in [-0.15, -0.1) is 0 Å². The van der Waals surface area contributed by atoms with Crippen molar-refractivity contribution in [3.05, 3.63) is 22.6 Å². The number of carboxylic acid groups (broad SMARTS) is 1. The lowest BCUT2D eigenvalue weighted by atomic mass is 10.3. The van der Waals surface area contributed by atoms with Crippen LogP contribution in [0.1, 0.15) is 20.3 Å². The number of aliphatic carboxylic acids is 1. The number of hydrogen-bond acceptors (Lipinski definition) is 4. The van der Waals surface area contributed by atoms with E-state index < -0.39 is 5.97 Å². The Balaban J connectivity index is 2.86. The minimum Gasteiger partial charge on any atom is -0.481 e. The highest BCUT2D eigenvalue weighted by Crippen LogP contribution is 2.08. The Morgan fingerprint density at radius 2 is 2.12 bits per heavy atom. The number of carbonyl (C=O) groups is 1. The summed E-state index contributed by atoms with van der Waals surface area (Å²) in [6.45, 7) is 5.71. The van der Waals surface area contributed by atoms with Crippen LogP contribution in [0.15, 0.2) is 17.1 Å². The van der Waals surface area contributed by atoms with Crippen molar-refractivity contribution in [3.63, 3.8) is 0 Å². The standard InChI is InChI=1S/C11H17N3O3/c1-3-13(4-2)9-7-10(15)14(12-8-9)6-5-11(16)17/h7-8H,3-6H2,1-2H3,(H,16,17). The van der Waals surface area contributed by atoms with Gasteiger partial charge < -0.3 is 10.0 Å². The molecule has 0 amide bonds. The number of aryl methyl sites for hydroxylation is 1. The predicted molar refractivity (Wildman–Crippen MR) is 64.3 cm³/mol. The van der Waals surface area contributed by atoms with E-state index in [2.05, 4.69) is 5.10 Å². The quantitative estimate of drug-likeness (QED) is 0.785. The molecule has 0 unspecified atom stereocenters. The summed E-state index contributed by atoms with van der Waals surface area (Å²) >= 11 is 0. The summed E-state index contributed by atoms with van der Waals surface area (Å²) in [5, 5.41) is 12.5. The molecular weight excluding hydrogens is 222 g/mol. The molecule has 0 aromatic carbocycles. The van der Waals surface area contributed by atoms with Crippen molar-refractivity contribution in [2.24, 2.45) is 0 Å². The van der Waals surface area contributed by atoms with Gasteiger partial charge in [-0.1, -0.05) is 0 Å². The van der Waals surface area contributed by atoms with Gasteiger partial charge in [0.15, 0.2) is 0 Å². The lowest BCUT2D eigenvalue weighted by molar-refractivity contribution is -0.137. The maximum absolute atomic E-state index is 11.7. The Bertz CT molecular complexity index is 438. The third-order valence-corrected chi connectivity index (χ3v) is 2.52. The summed E-state index contributed by atoms with van der Waals surface area (Å²) in [5.41, 5.74) is 0.502. The molecule has 1 N–H and O–H groups in total.